The molecule has 32 heavy (non-hydrogen) atoms. The lowest BCUT2D eigenvalue weighted by Gasteiger charge is -2.46. The van der Waals surface area contributed by atoms with Gasteiger partial charge in [-0.1, -0.05) is 12.1 Å². The summed E-state index contributed by atoms with van der Waals surface area (Å²) in [6.45, 7) is 0.262. The van der Waals surface area contributed by atoms with Gasteiger partial charge in [-0.2, -0.15) is 13.2 Å². The molecular weight excluding hydrogens is 427 g/mol. The molecule has 1 unspecified atom stereocenters. The number of hydrogen-bond donors (Lipinski definition) is 0. The van der Waals surface area contributed by atoms with Crippen molar-refractivity contribution in [2.24, 2.45) is 5.92 Å². The number of likely N-dealkylation sites (tertiary alicyclic amines) is 1. The molecule has 168 valence electrons. The van der Waals surface area contributed by atoms with E-state index in [1.807, 2.05) is 0 Å². The summed E-state index contributed by atoms with van der Waals surface area (Å²) in [5.41, 5.74) is -1.89. The van der Waals surface area contributed by atoms with Crippen LogP contribution in [0.25, 0.3) is 0 Å². The van der Waals surface area contributed by atoms with Crippen LogP contribution in [0.15, 0.2) is 42.5 Å². The molecule has 0 N–H and O–H groups in total. The first-order valence-electron chi connectivity index (χ1n) is 10.0. The van der Waals surface area contributed by atoms with E-state index in [1.54, 1.807) is 24.3 Å². The van der Waals surface area contributed by atoms with Crippen molar-refractivity contribution in [3.63, 3.8) is 0 Å². The molecule has 1 atom stereocenters. The van der Waals surface area contributed by atoms with Crippen LogP contribution in [0.3, 0.4) is 0 Å². The average Bonchev–Trinajstić information content (AvgIpc) is 2.78. The van der Waals surface area contributed by atoms with Gasteiger partial charge >= 0.3 is 6.18 Å². The molecule has 0 saturated carbocycles. The van der Waals surface area contributed by atoms with Gasteiger partial charge in [0.05, 0.1) is 18.2 Å². The van der Waals surface area contributed by atoms with Crippen molar-refractivity contribution in [3.8, 4) is 11.5 Å². The van der Waals surface area contributed by atoms with Gasteiger partial charge < -0.3 is 19.2 Å². The Hall–Kier alpha value is -3.36. The highest BCUT2D eigenvalue weighted by molar-refractivity contribution is 6.09. The second kappa shape index (κ2) is 7.96. The first kappa shape index (κ1) is 21.9. The maximum absolute atomic E-state index is 13.3. The first-order chi connectivity index (χ1) is 15.2. The molecule has 2 aromatic carbocycles. The van der Waals surface area contributed by atoms with Crippen molar-refractivity contribution < 1.29 is 37.0 Å². The Kier molecular flexibility index (Phi) is 5.44. The summed E-state index contributed by atoms with van der Waals surface area (Å²) < 4.78 is 50.8. The van der Waals surface area contributed by atoms with E-state index < -0.39 is 29.2 Å². The van der Waals surface area contributed by atoms with Crippen LogP contribution in [-0.4, -0.2) is 48.7 Å². The van der Waals surface area contributed by atoms with E-state index in [-0.39, 0.29) is 43.0 Å². The van der Waals surface area contributed by atoms with Gasteiger partial charge in [-0.3, -0.25) is 9.59 Å². The number of fused-ring (bicyclic) bond motifs is 1. The van der Waals surface area contributed by atoms with Crippen LogP contribution in [-0.2, 0) is 11.0 Å². The number of hydrogen-bond acceptors (Lipinski definition) is 5. The van der Waals surface area contributed by atoms with E-state index in [2.05, 4.69) is 0 Å². The monoisotopic (exact) mass is 447 g/mol. The first-order valence-corrected chi connectivity index (χ1v) is 10.0. The van der Waals surface area contributed by atoms with Crippen molar-refractivity contribution >= 4 is 18.0 Å². The van der Waals surface area contributed by atoms with Gasteiger partial charge in [0, 0.05) is 31.5 Å². The van der Waals surface area contributed by atoms with Crippen LogP contribution in [0.2, 0.25) is 0 Å². The average molecular weight is 447 g/mol. The fraction of sp³-hybridized carbons (Fsp3) is 0.348. The minimum Gasteiger partial charge on any atom is -0.496 e. The summed E-state index contributed by atoms with van der Waals surface area (Å²) >= 11 is 0. The quantitative estimate of drug-likeness (QED) is 0.529. The summed E-state index contributed by atoms with van der Waals surface area (Å²) in [7, 11) is 1.13. The number of carbonyl (C=O) groups is 3. The third-order valence-corrected chi connectivity index (χ3v) is 6.10. The number of rotatable bonds is 3. The maximum Gasteiger partial charge on any atom is 0.419 e. The molecule has 2 aromatic rings. The second-order valence-corrected chi connectivity index (χ2v) is 7.85. The minimum absolute atomic E-state index is 0.119. The Morgan fingerprint density at radius 2 is 1.88 bits per heavy atom. The molecule has 1 amide bonds. The van der Waals surface area contributed by atoms with Crippen LogP contribution >= 0.6 is 0 Å². The van der Waals surface area contributed by atoms with E-state index >= 15 is 0 Å². The number of ether oxygens (including phenoxy) is 2. The number of benzene rings is 2. The molecule has 2 heterocycles. The second-order valence-electron chi connectivity index (χ2n) is 7.85. The molecule has 0 radical (unpaired) electrons. The topological polar surface area (TPSA) is 72.9 Å². The molecule has 0 bridgehead atoms. The zero-order valence-corrected chi connectivity index (χ0v) is 17.1. The molecule has 0 aliphatic carbocycles. The van der Waals surface area contributed by atoms with Crippen LogP contribution < -0.4 is 9.47 Å². The van der Waals surface area contributed by atoms with Gasteiger partial charge in [0.2, 0.25) is 0 Å². The Labute approximate surface area is 181 Å². The maximum atomic E-state index is 13.3. The van der Waals surface area contributed by atoms with Gasteiger partial charge in [-0.25, -0.2) is 0 Å². The molecule has 4 rings (SSSR count). The number of alkyl halides is 3. The highest BCUT2D eigenvalue weighted by Crippen LogP contribution is 2.42. The number of carbonyl (C=O) groups excluding carboxylic acids is 3. The van der Waals surface area contributed by atoms with Crippen molar-refractivity contribution in [2.45, 2.75) is 24.6 Å². The number of amides is 1. The Balaban J connectivity index is 1.56. The van der Waals surface area contributed by atoms with Crippen LogP contribution in [0.4, 0.5) is 13.2 Å². The largest absolute Gasteiger partial charge is 0.496 e. The summed E-state index contributed by atoms with van der Waals surface area (Å²) in [6, 6.07) is 9.84. The normalized spacial score (nSPS) is 19.8. The summed E-state index contributed by atoms with van der Waals surface area (Å²) in [5, 5.41) is 0. The SMILES string of the molecule is COc1ccc(C(=O)N2CCC3(CC2)Oc2ccccc2C(=O)C3C=O)cc1C(F)(F)F. The van der Waals surface area contributed by atoms with Gasteiger partial charge in [-0.05, 0) is 30.3 Å². The predicted octanol–water partition coefficient (Wildman–Crippen LogP) is 3.78. The minimum atomic E-state index is -4.67. The molecule has 2 aliphatic heterocycles. The molecule has 1 saturated heterocycles. The number of aldehydes is 1. The molecule has 0 aromatic heterocycles. The zero-order valence-electron chi connectivity index (χ0n) is 17.1. The molecular formula is C23H20F3NO5. The lowest BCUT2D eigenvalue weighted by atomic mass is 9.74. The fourth-order valence-electron chi connectivity index (χ4n) is 4.38. The molecule has 2 aliphatic rings. The lowest BCUT2D eigenvalue weighted by Crippen LogP contribution is -2.58. The number of ketones is 1. The number of halogens is 3. The number of methoxy groups -OCH3 is 1. The van der Waals surface area contributed by atoms with E-state index in [9.17, 15) is 27.6 Å². The van der Waals surface area contributed by atoms with E-state index in [0.29, 0.717) is 17.6 Å². The molecule has 1 fully saturated rings. The van der Waals surface area contributed by atoms with E-state index in [1.165, 1.54) is 11.0 Å². The lowest BCUT2D eigenvalue weighted by molar-refractivity contribution is -0.138. The Morgan fingerprint density at radius 1 is 1.19 bits per heavy atom. The molecule has 1 spiro atoms. The highest BCUT2D eigenvalue weighted by atomic mass is 19.4. The number of piperidine rings is 1. The summed E-state index contributed by atoms with van der Waals surface area (Å²) in [4.78, 5) is 38.9. The summed E-state index contributed by atoms with van der Waals surface area (Å²) in [6.07, 6.45) is -3.70. The fourth-order valence-corrected chi connectivity index (χ4v) is 4.38. The number of Topliss-reactive ketones (excluding diaryl/α,β-unsaturated/α-hetero) is 1. The van der Waals surface area contributed by atoms with Crippen molar-refractivity contribution in [2.75, 3.05) is 20.2 Å². The van der Waals surface area contributed by atoms with Crippen molar-refractivity contribution in [1.82, 2.24) is 4.90 Å². The van der Waals surface area contributed by atoms with Crippen LogP contribution in [0, 0.1) is 5.92 Å². The van der Waals surface area contributed by atoms with Gasteiger partial charge in [-0.15, -0.1) is 0 Å². The number of para-hydroxylation sites is 1. The molecule has 9 heteroatoms. The van der Waals surface area contributed by atoms with Crippen LogP contribution in [0.5, 0.6) is 11.5 Å². The Bertz CT molecular complexity index is 1070. The predicted molar refractivity (Wildman–Crippen MR) is 107 cm³/mol. The van der Waals surface area contributed by atoms with Gasteiger partial charge in [0.15, 0.2) is 5.78 Å². The molecule has 6 nitrogen and oxygen atoms in total. The standard InChI is InChI=1S/C23H20F3NO5/c1-31-19-7-6-14(12-16(19)23(24,25)26)21(30)27-10-8-22(9-11-27)17(13-28)20(29)15-4-2-3-5-18(15)32-22/h2-7,12-13,17H,8-11H2,1H3. The van der Waals surface area contributed by atoms with E-state index in [0.717, 1.165) is 19.2 Å². The third-order valence-electron chi connectivity index (χ3n) is 6.10. The van der Waals surface area contributed by atoms with Gasteiger partial charge in [0.1, 0.15) is 29.3 Å². The van der Waals surface area contributed by atoms with E-state index in [4.69, 9.17) is 9.47 Å². The highest BCUT2D eigenvalue weighted by Gasteiger charge is 2.51. The smallest absolute Gasteiger partial charge is 0.419 e. The van der Waals surface area contributed by atoms with Crippen molar-refractivity contribution in [1.29, 1.82) is 0 Å². The van der Waals surface area contributed by atoms with Crippen LogP contribution in [0.1, 0.15) is 39.1 Å². The third kappa shape index (κ3) is 3.61. The Morgan fingerprint density at radius 3 is 2.50 bits per heavy atom. The van der Waals surface area contributed by atoms with Gasteiger partial charge in [0.25, 0.3) is 5.91 Å². The zero-order chi connectivity index (χ0) is 23.1. The summed E-state index contributed by atoms with van der Waals surface area (Å²) in [5.74, 6) is -1.88. The number of nitrogens with zero attached hydrogens (tertiary/aromatic N) is 1. The van der Waals surface area contributed by atoms with Crippen molar-refractivity contribution in [3.05, 3.63) is 59.2 Å².